The number of ether oxygens (including phenoxy) is 1. The molecule has 0 saturated heterocycles. The summed E-state index contributed by atoms with van der Waals surface area (Å²) in [7, 11) is 0. The third-order valence-corrected chi connectivity index (χ3v) is 3.57. The van der Waals surface area contributed by atoms with Crippen LogP contribution in [0.5, 0.6) is 0 Å². The lowest BCUT2D eigenvalue weighted by Gasteiger charge is -2.14. The third-order valence-electron chi connectivity index (χ3n) is 2.22. The summed E-state index contributed by atoms with van der Waals surface area (Å²) in [5.74, 6) is 0.564. The van der Waals surface area contributed by atoms with Crippen molar-refractivity contribution in [3.63, 3.8) is 0 Å². The molecule has 1 atom stereocenters. The van der Waals surface area contributed by atoms with E-state index in [0.29, 0.717) is 18.8 Å². The molecule has 0 rings (SSSR count). The molecular formula is C12H23FO2S. The Kier molecular flexibility index (Phi) is 11.1. The average Bonchev–Trinajstić information content (AvgIpc) is 2.28. The van der Waals surface area contributed by atoms with E-state index in [2.05, 4.69) is 6.92 Å². The maximum absolute atomic E-state index is 12.0. The summed E-state index contributed by atoms with van der Waals surface area (Å²) >= 11 is 1.53. The van der Waals surface area contributed by atoms with Gasteiger partial charge < -0.3 is 4.74 Å². The Morgan fingerprint density at radius 2 is 2.06 bits per heavy atom. The van der Waals surface area contributed by atoms with Crippen LogP contribution in [-0.2, 0) is 9.53 Å². The molecule has 0 aromatic heterocycles. The zero-order valence-electron chi connectivity index (χ0n) is 10.3. The molecule has 0 fully saturated rings. The van der Waals surface area contributed by atoms with E-state index in [9.17, 15) is 9.18 Å². The van der Waals surface area contributed by atoms with E-state index in [0.717, 1.165) is 25.7 Å². The number of carbonyl (C=O) groups is 1. The predicted molar refractivity (Wildman–Crippen MR) is 67.6 cm³/mol. The predicted octanol–water partition coefficient (Wildman–Crippen LogP) is 3.59. The lowest BCUT2D eigenvalue weighted by molar-refractivity contribution is -0.142. The number of unbranched alkanes of at least 4 members (excludes halogenated alkanes) is 2. The van der Waals surface area contributed by atoms with Gasteiger partial charge in [0.05, 0.1) is 13.3 Å². The molecule has 16 heavy (non-hydrogen) atoms. The van der Waals surface area contributed by atoms with Crippen molar-refractivity contribution in [2.45, 2.75) is 51.2 Å². The third kappa shape index (κ3) is 7.97. The molecule has 96 valence electrons. The number of halogens is 1. The molecule has 0 aliphatic carbocycles. The first-order chi connectivity index (χ1) is 7.76. The van der Waals surface area contributed by atoms with Crippen molar-refractivity contribution in [2.24, 2.45) is 0 Å². The molecule has 2 nitrogen and oxygen atoms in total. The Labute approximate surface area is 102 Å². The van der Waals surface area contributed by atoms with Crippen LogP contribution >= 0.6 is 11.8 Å². The molecule has 0 aliphatic rings. The van der Waals surface area contributed by atoms with Gasteiger partial charge in [0.2, 0.25) is 0 Å². The van der Waals surface area contributed by atoms with Crippen molar-refractivity contribution < 1.29 is 13.9 Å². The molecule has 0 aliphatic heterocycles. The Hall–Kier alpha value is -0.250. The summed E-state index contributed by atoms with van der Waals surface area (Å²) in [6.07, 6.45) is 4.70. The highest BCUT2D eigenvalue weighted by Crippen LogP contribution is 2.20. The van der Waals surface area contributed by atoms with Crippen molar-refractivity contribution in [1.29, 1.82) is 0 Å². The van der Waals surface area contributed by atoms with E-state index in [1.54, 1.807) is 0 Å². The van der Waals surface area contributed by atoms with Crippen LogP contribution in [0.2, 0.25) is 0 Å². The van der Waals surface area contributed by atoms with Gasteiger partial charge in [0.15, 0.2) is 0 Å². The second-order valence-corrected chi connectivity index (χ2v) is 4.96. The van der Waals surface area contributed by atoms with E-state index in [4.69, 9.17) is 4.74 Å². The van der Waals surface area contributed by atoms with Gasteiger partial charge in [0, 0.05) is 0 Å². The van der Waals surface area contributed by atoms with Gasteiger partial charge >= 0.3 is 5.97 Å². The van der Waals surface area contributed by atoms with Crippen LogP contribution in [0.1, 0.15) is 46.0 Å². The fourth-order valence-corrected chi connectivity index (χ4v) is 2.46. The molecule has 1 unspecified atom stereocenters. The first kappa shape index (κ1) is 15.8. The fraction of sp³-hybridized carbons (Fsp3) is 0.917. The Balaban J connectivity index is 3.89. The topological polar surface area (TPSA) is 26.3 Å². The standard InChI is InChI=1S/C12H23FO2S/c1-3-5-6-8-11(12(14)15-4-2)16-10-7-9-13/h11H,3-10H2,1-2H3. The summed E-state index contributed by atoms with van der Waals surface area (Å²) < 4.78 is 17.0. The minimum Gasteiger partial charge on any atom is -0.465 e. The maximum atomic E-state index is 12.0. The van der Waals surface area contributed by atoms with E-state index in [1.165, 1.54) is 11.8 Å². The van der Waals surface area contributed by atoms with Crippen LogP contribution in [0, 0.1) is 0 Å². The molecule has 0 amide bonds. The molecule has 0 heterocycles. The van der Waals surface area contributed by atoms with Crippen LogP contribution in [0.15, 0.2) is 0 Å². The molecule has 0 aromatic rings. The second-order valence-electron chi connectivity index (χ2n) is 3.65. The van der Waals surface area contributed by atoms with Crippen LogP contribution < -0.4 is 0 Å². The number of carbonyl (C=O) groups excluding carboxylic acids is 1. The average molecular weight is 250 g/mol. The Morgan fingerprint density at radius 1 is 1.31 bits per heavy atom. The highest BCUT2D eigenvalue weighted by molar-refractivity contribution is 8.00. The van der Waals surface area contributed by atoms with Gasteiger partial charge in [-0.2, -0.15) is 0 Å². The fourth-order valence-electron chi connectivity index (χ4n) is 1.36. The summed E-state index contributed by atoms with van der Waals surface area (Å²) in [4.78, 5) is 11.6. The quantitative estimate of drug-likeness (QED) is 0.438. The Morgan fingerprint density at radius 3 is 2.62 bits per heavy atom. The number of thioether (sulfide) groups is 1. The summed E-state index contributed by atoms with van der Waals surface area (Å²) in [6, 6.07) is 0. The molecule has 0 bridgehead atoms. The van der Waals surface area contributed by atoms with Crippen LogP contribution in [0.3, 0.4) is 0 Å². The zero-order valence-corrected chi connectivity index (χ0v) is 11.2. The molecule has 0 saturated carbocycles. The molecule has 0 spiro atoms. The van der Waals surface area contributed by atoms with Gasteiger partial charge in [-0.1, -0.05) is 26.2 Å². The lowest BCUT2D eigenvalue weighted by Crippen LogP contribution is -2.21. The van der Waals surface area contributed by atoms with Gasteiger partial charge in [0.1, 0.15) is 5.25 Å². The maximum Gasteiger partial charge on any atom is 0.319 e. The molecule has 0 radical (unpaired) electrons. The number of alkyl halides is 1. The highest BCUT2D eigenvalue weighted by Gasteiger charge is 2.19. The minimum absolute atomic E-state index is 0.0990. The molecule has 0 N–H and O–H groups in total. The van der Waals surface area contributed by atoms with Crippen LogP contribution in [-0.4, -0.2) is 30.3 Å². The van der Waals surface area contributed by atoms with Crippen LogP contribution in [0.25, 0.3) is 0 Å². The van der Waals surface area contributed by atoms with E-state index in [-0.39, 0.29) is 17.9 Å². The van der Waals surface area contributed by atoms with Crippen molar-refractivity contribution in [3.05, 3.63) is 0 Å². The summed E-state index contributed by atoms with van der Waals surface area (Å²) in [6.45, 7) is 4.06. The Bertz CT molecular complexity index is 166. The smallest absolute Gasteiger partial charge is 0.319 e. The van der Waals surface area contributed by atoms with Crippen molar-refractivity contribution in [3.8, 4) is 0 Å². The normalized spacial score (nSPS) is 12.4. The SMILES string of the molecule is CCCCCC(SCCCF)C(=O)OCC. The van der Waals surface area contributed by atoms with Crippen molar-refractivity contribution >= 4 is 17.7 Å². The second kappa shape index (κ2) is 11.2. The largest absolute Gasteiger partial charge is 0.465 e. The van der Waals surface area contributed by atoms with Gasteiger partial charge in [-0.05, 0) is 25.5 Å². The molecule has 0 aromatic carbocycles. The first-order valence-electron chi connectivity index (χ1n) is 6.10. The van der Waals surface area contributed by atoms with E-state index >= 15 is 0 Å². The number of esters is 1. The first-order valence-corrected chi connectivity index (χ1v) is 7.15. The van der Waals surface area contributed by atoms with E-state index < -0.39 is 0 Å². The zero-order chi connectivity index (χ0) is 12.2. The monoisotopic (exact) mass is 250 g/mol. The van der Waals surface area contributed by atoms with Crippen molar-refractivity contribution in [1.82, 2.24) is 0 Å². The number of hydrogen-bond donors (Lipinski definition) is 0. The van der Waals surface area contributed by atoms with E-state index in [1.807, 2.05) is 6.92 Å². The number of rotatable bonds is 10. The minimum atomic E-state index is -0.308. The summed E-state index contributed by atoms with van der Waals surface area (Å²) in [5.41, 5.74) is 0. The highest BCUT2D eigenvalue weighted by atomic mass is 32.2. The van der Waals surface area contributed by atoms with Gasteiger partial charge in [0.25, 0.3) is 0 Å². The van der Waals surface area contributed by atoms with Crippen LogP contribution in [0.4, 0.5) is 4.39 Å². The van der Waals surface area contributed by atoms with Crippen molar-refractivity contribution in [2.75, 3.05) is 19.0 Å². The van der Waals surface area contributed by atoms with Gasteiger partial charge in [-0.3, -0.25) is 9.18 Å². The van der Waals surface area contributed by atoms with Gasteiger partial charge in [-0.25, -0.2) is 0 Å². The number of hydrogen-bond acceptors (Lipinski definition) is 3. The molecule has 4 heteroatoms. The van der Waals surface area contributed by atoms with Gasteiger partial charge in [-0.15, -0.1) is 11.8 Å². The lowest BCUT2D eigenvalue weighted by atomic mass is 10.1. The summed E-state index contributed by atoms with van der Waals surface area (Å²) in [5, 5.41) is -0.0990. The molecular weight excluding hydrogens is 227 g/mol.